The molecule has 0 radical (unpaired) electrons. The number of rotatable bonds is 12. The van der Waals surface area contributed by atoms with Crippen LogP contribution in [0.3, 0.4) is 0 Å². The highest BCUT2D eigenvalue weighted by Crippen LogP contribution is 2.40. The van der Waals surface area contributed by atoms with E-state index in [9.17, 15) is 9.00 Å². The Hall–Kier alpha value is -5.21. The number of fused-ring (bicyclic) bond motifs is 3. The van der Waals surface area contributed by atoms with Gasteiger partial charge in [0.1, 0.15) is 29.5 Å². The van der Waals surface area contributed by atoms with Crippen molar-refractivity contribution < 1.29 is 23.2 Å². The molecule has 0 N–H and O–H groups in total. The molecule has 0 spiro atoms. The summed E-state index contributed by atoms with van der Waals surface area (Å²) in [6.07, 6.45) is 2.24. The number of hydrogen-bond donors (Lipinski definition) is 0. The van der Waals surface area contributed by atoms with Crippen LogP contribution in [0.15, 0.2) is 84.9 Å². The number of ether oxygens (including phenoxy) is 3. The number of anilines is 1. The molecule has 12 nitrogen and oxygen atoms in total. The largest absolute Gasteiger partial charge is 0.493 e. The molecular formula is C45H53N7O5S. The molecule has 1 atom stereocenters. The minimum absolute atomic E-state index is 0.278. The number of piperazine rings is 1. The zero-order valence-corrected chi connectivity index (χ0v) is 35.0. The number of aromatic nitrogens is 3. The van der Waals surface area contributed by atoms with E-state index in [0.29, 0.717) is 25.3 Å². The van der Waals surface area contributed by atoms with Crippen LogP contribution in [-0.4, -0.2) is 106 Å². The molecule has 4 aromatic carbocycles. The van der Waals surface area contributed by atoms with Gasteiger partial charge >= 0.3 is 5.97 Å². The first kappa shape index (κ1) is 39.6. The van der Waals surface area contributed by atoms with Gasteiger partial charge < -0.3 is 28.6 Å². The Balaban J connectivity index is 1.08. The van der Waals surface area contributed by atoms with E-state index in [0.717, 1.165) is 119 Å². The summed E-state index contributed by atoms with van der Waals surface area (Å²) in [5.74, 6) is 1.29. The van der Waals surface area contributed by atoms with Crippen molar-refractivity contribution in [1.82, 2.24) is 27.9 Å². The molecule has 1 unspecified atom stereocenters. The van der Waals surface area contributed by atoms with Gasteiger partial charge in [-0.05, 0) is 74.1 Å². The van der Waals surface area contributed by atoms with E-state index >= 15 is 0 Å². The Morgan fingerprint density at radius 1 is 0.845 bits per heavy atom. The van der Waals surface area contributed by atoms with Crippen LogP contribution in [0.25, 0.3) is 32.8 Å². The molecule has 0 aliphatic carbocycles. The van der Waals surface area contributed by atoms with E-state index in [2.05, 4.69) is 69.9 Å². The Bertz CT molecular complexity index is 2430. The lowest BCUT2D eigenvalue weighted by atomic mass is 9.97. The number of esters is 1. The third-order valence-electron chi connectivity index (χ3n) is 11.3. The monoisotopic (exact) mass is 803 g/mol. The fourth-order valence-corrected chi connectivity index (χ4v) is 9.46. The third kappa shape index (κ3) is 7.96. The van der Waals surface area contributed by atoms with Crippen molar-refractivity contribution >= 4 is 44.5 Å². The SMILES string of the molecule is COC(=O)c1c(CCCOc2cccc3ccccc23)c2cccc3c2n1CCCN(C)Cc1c-3c(COc2ccc(N3CCN(S(=O)N(C)C)CC3)cc2)nn1C. The highest BCUT2D eigenvalue weighted by molar-refractivity contribution is 7.80. The second-order valence-corrected chi connectivity index (χ2v) is 17.0. The molecule has 0 bridgehead atoms. The lowest BCUT2D eigenvalue weighted by Crippen LogP contribution is -2.49. The number of hydrogen-bond acceptors (Lipinski definition) is 8. The standard InChI is InChI=1S/C45H53N7O5S/c1-47(2)58(54)51-27-25-50(26-28-51)33-19-21-34(22-20-33)57-31-39-42-38-16-9-15-36-37(17-10-29-56-41-18-8-13-32-12-6-7-14-35(32)41)44(45(53)55-5)52(43(36)38)24-11-23-48(3)30-40(42)49(4)46-39/h6-9,12-16,18-22H,10-11,17,23-31H2,1-5H3. The summed E-state index contributed by atoms with van der Waals surface area (Å²) in [5, 5.41) is 8.35. The molecule has 0 saturated carbocycles. The van der Waals surface area contributed by atoms with Crippen LogP contribution in [-0.2, 0) is 49.1 Å². The molecule has 2 aliphatic rings. The summed E-state index contributed by atoms with van der Waals surface area (Å²) in [6, 6.07) is 29.0. The van der Waals surface area contributed by atoms with Gasteiger partial charge in [-0.1, -0.05) is 54.6 Å². The first-order valence-corrected chi connectivity index (χ1v) is 21.2. The van der Waals surface area contributed by atoms with Crippen molar-refractivity contribution in [3.63, 3.8) is 0 Å². The maximum Gasteiger partial charge on any atom is 0.354 e. The molecule has 0 amide bonds. The van der Waals surface area contributed by atoms with Gasteiger partial charge in [-0.2, -0.15) is 5.10 Å². The highest BCUT2D eigenvalue weighted by atomic mass is 32.2. The molecule has 2 aromatic heterocycles. The normalized spacial score (nSPS) is 15.8. The zero-order chi connectivity index (χ0) is 40.3. The number of benzene rings is 4. The number of methoxy groups -OCH3 is 1. The molecule has 6 aromatic rings. The van der Waals surface area contributed by atoms with Crippen molar-refractivity contribution in [2.24, 2.45) is 7.05 Å². The summed E-state index contributed by atoms with van der Waals surface area (Å²) < 4.78 is 38.8. The van der Waals surface area contributed by atoms with Crippen LogP contribution in [0.4, 0.5) is 5.69 Å². The fraction of sp³-hybridized carbons (Fsp3) is 0.378. The summed E-state index contributed by atoms with van der Waals surface area (Å²) >= 11 is -1.11. The predicted molar refractivity (Wildman–Crippen MR) is 231 cm³/mol. The molecule has 4 heterocycles. The number of carbonyl (C=O) groups excluding carboxylic acids is 1. The Morgan fingerprint density at radius 2 is 1.59 bits per heavy atom. The van der Waals surface area contributed by atoms with Crippen LogP contribution in [0.1, 0.15) is 40.3 Å². The topological polar surface area (TPSA) is 97.5 Å². The van der Waals surface area contributed by atoms with E-state index < -0.39 is 11.2 Å². The van der Waals surface area contributed by atoms with Gasteiger partial charge in [0.25, 0.3) is 0 Å². The number of carbonyl (C=O) groups is 1. The summed E-state index contributed by atoms with van der Waals surface area (Å²) in [6.45, 7) is 6.12. The van der Waals surface area contributed by atoms with Crippen LogP contribution >= 0.6 is 0 Å². The second-order valence-electron chi connectivity index (χ2n) is 15.3. The van der Waals surface area contributed by atoms with Crippen molar-refractivity contribution in [2.45, 2.75) is 39.0 Å². The Kier molecular flexibility index (Phi) is 11.8. The van der Waals surface area contributed by atoms with E-state index in [-0.39, 0.29) is 12.6 Å². The van der Waals surface area contributed by atoms with Gasteiger partial charge in [-0.3, -0.25) is 4.68 Å². The summed E-state index contributed by atoms with van der Waals surface area (Å²) in [7, 11) is 9.29. The molecule has 2 aliphatic heterocycles. The van der Waals surface area contributed by atoms with Gasteiger partial charge in [-0.15, -0.1) is 0 Å². The summed E-state index contributed by atoms with van der Waals surface area (Å²) in [4.78, 5) is 18.4. The van der Waals surface area contributed by atoms with E-state index in [4.69, 9.17) is 19.3 Å². The minimum Gasteiger partial charge on any atom is -0.493 e. The van der Waals surface area contributed by atoms with Crippen molar-refractivity contribution in [2.75, 3.05) is 72.5 Å². The van der Waals surface area contributed by atoms with Crippen LogP contribution < -0.4 is 14.4 Å². The number of nitrogens with zero attached hydrogens (tertiary/aromatic N) is 7. The van der Waals surface area contributed by atoms with Gasteiger partial charge in [0.2, 0.25) is 0 Å². The van der Waals surface area contributed by atoms with Crippen LogP contribution in [0, 0.1) is 0 Å². The predicted octanol–water partition coefficient (Wildman–Crippen LogP) is 6.67. The maximum atomic E-state index is 13.8. The molecule has 1 saturated heterocycles. The quantitative estimate of drug-likeness (QED) is 0.100. The van der Waals surface area contributed by atoms with Gasteiger partial charge in [0.05, 0.1) is 24.9 Å². The molecule has 58 heavy (non-hydrogen) atoms. The fourth-order valence-electron chi connectivity index (χ4n) is 8.53. The van der Waals surface area contributed by atoms with Crippen molar-refractivity contribution in [1.29, 1.82) is 0 Å². The van der Waals surface area contributed by atoms with Crippen molar-refractivity contribution in [3.8, 4) is 22.6 Å². The number of para-hydroxylation sites is 1. The molecule has 1 fully saturated rings. The first-order chi connectivity index (χ1) is 28.2. The zero-order valence-electron chi connectivity index (χ0n) is 34.1. The van der Waals surface area contributed by atoms with Gasteiger partial charge in [0.15, 0.2) is 11.2 Å². The van der Waals surface area contributed by atoms with Gasteiger partial charge in [-0.25, -0.2) is 17.6 Å². The smallest absolute Gasteiger partial charge is 0.354 e. The Labute approximate surface area is 343 Å². The average molecular weight is 804 g/mol. The molecular weight excluding hydrogens is 751 g/mol. The van der Waals surface area contributed by atoms with Crippen LogP contribution in [0.2, 0.25) is 0 Å². The highest BCUT2D eigenvalue weighted by Gasteiger charge is 2.29. The first-order valence-electron chi connectivity index (χ1n) is 20.1. The molecule has 304 valence electrons. The van der Waals surface area contributed by atoms with Crippen molar-refractivity contribution in [3.05, 3.63) is 108 Å². The molecule has 13 heteroatoms. The maximum absolute atomic E-state index is 13.8. The summed E-state index contributed by atoms with van der Waals surface area (Å²) in [5.41, 5.74) is 7.72. The third-order valence-corrected chi connectivity index (χ3v) is 12.8. The average Bonchev–Trinajstić information content (AvgIpc) is 3.73. The molecule has 8 rings (SSSR count). The lowest BCUT2D eigenvalue weighted by molar-refractivity contribution is 0.0587. The second kappa shape index (κ2) is 17.3. The van der Waals surface area contributed by atoms with E-state index in [1.165, 1.54) is 7.11 Å². The number of aryl methyl sites for hydroxylation is 3. The minimum atomic E-state index is -1.11. The Morgan fingerprint density at radius 3 is 2.36 bits per heavy atom. The lowest BCUT2D eigenvalue weighted by Gasteiger charge is -2.36. The van der Waals surface area contributed by atoms with Crippen LogP contribution in [0.5, 0.6) is 11.5 Å². The van der Waals surface area contributed by atoms with E-state index in [1.54, 1.807) is 4.31 Å². The van der Waals surface area contributed by atoms with E-state index in [1.807, 2.05) is 66.5 Å². The van der Waals surface area contributed by atoms with Gasteiger partial charge in [0, 0.05) is 88.0 Å².